The Morgan fingerprint density at radius 2 is 1.96 bits per heavy atom. The first-order chi connectivity index (χ1) is 11.6. The van der Waals surface area contributed by atoms with E-state index in [4.69, 9.17) is 0 Å². The summed E-state index contributed by atoms with van der Waals surface area (Å²) in [5.41, 5.74) is -0.692. The first-order valence-corrected chi connectivity index (χ1v) is 8.32. The molecule has 2 heterocycles. The van der Waals surface area contributed by atoms with Gasteiger partial charge in [-0.3, -0.25) is 4.79 Å². The van der Waals surface area contributed by atoms with E-state index >= 15 is 0 Å². The molecule has 1 saturated carbocycles. The molecule has 6 heteroatoms. The van der Waals surface area contributed by atoms with E-state index in [1.165, 1.54) is 6.07 Å². The van der Waals surface area contributed by atoms with E-state index in [-0.39, 0.29) is 17.5 Å². The normalized spacial score (nSPS) is 20.2. The minimum absolute atomic E-state index is 0.0686. The number of aromatic nitrogens is 2. The molecular weight excluding hydrogens is 312 g/mol. The molecule has 0 N–H and O–H groups in total. The van der Waals surface area contributed by atoms with E-state index in [1.54, 1.807) is 17.4 Å². The lowest BCUT2D eigenvalue weighted by molar-refractivity contribution is -0.143. The molecule has 24 heavy (non-hydrogen) atoms. The van der Waals surface area contributed by atoms with Crippen LogP contribution < -0.4 is 0 Å². The molecule has 1 aliphatic heterocycles. The maximum atomic E-state index is 14.4. The molecule has 0 atom stereocenters. The van der Waals surface area contributed by atoms with Crippen LogP contribution in [0, 0.1) is 11.6 Å². The van der Waals surface area contributed by atoms with Crippen LogP contribution >= 0.6 is 0 Å². The molecule has 2 aromatic rings. The van der Waals surface area contributed by atoms with Crippen LogP contribution in [0.15, 0.2) is 36.9 Å². The van der Waals surface area contributed by atoms with Crippen molar-refractivity contribution in [3.05, 3.63) is 54.1 Å². The Hall–Kier alpha value is -2.24. The molecule has 0 spiro atoms. The number of hydrogen-bond acceptors (Lipinski definition) is 2. The summed E-state index contributed by atoms with van der Waals surface area (Å²) in [6.45, 7) is 1.18. The van der Waals surface area contributed by atoms with Crippen molar-refractivity contribution in [3.63, 3.8) is 0 Å². The zero-order valence-electron chi connectivity index (χ0n) is 13.3. The van der Waals surface area contributed by atoms with Gasteiger partial charge in [0.05, 0.1) is 17.8 Å². The lowest BCUT2D eigenvalue weighted by Crippen LogP contribution is -2.56. The molecule has 2 fully saturated rings. The van der Waals surface area contributed by atoms with Gasteiger partial charge >= 0.3 is 0 Å². The lowest BCUT2D eigenvalue weighted by Gasteiger charge is -2.44. The van der Waals surface area contributed by atoms with Gasteiger partial charge in [-0.2, -0.15) is 0 Å². The fourth-order valence-electron chi connectivity index (χ4n) is 4.04. The first kappa shape index (κ1) is 15.3. The Morgan fingerprint density at radius 1 is 1.21 bits per heavy atom. The van der Waals surface area contributed by atoms with Crippen molar-refractivity contribution < 1.29 is 13.6 Å². The van der Waals surface area contributed by atoms with Crippen LogP contribution in [0.25, 0.3) is 0 Å². The SMILES string of the molecule is O=C(N1CC(n2ccnc2)C1)C1(c2cc(F)ccc2F)CCCC1. The maximum absolute atomic E-state index is 14.4. The van der Waals surface area contributed by atoms with Gasteiger partial charge in [0.2, 0.25) is 5.91 Å². The molecule has 0 radical (unpaired) electrons. The van der Waals surface area contributed by atoms with Crippen LogP contribution in [-0.2, 0) is 10.2 Å². The number of carbonyl (C=O) groups excluding carboxylic acids is 1. The van der Waals surface area contributed by atoms with Gasteiger partial charge in [-0.25, -0.2) is 13.8 Å². The van der Waals surface area contributed by atoms with E-state index in [9.17, 15) is 13.6 Å². The summed E-state index contributed by atoms with van der Waals surface area (Å²) < 4.78 is 30.0. The number of halogens is 2. The van der Waals surface area contributed by atoms with Gasteiger partial charge in [0, 0.05) is 31.0 Å². The highest BCUT2D eigenvalue weighted by Gasteiger charge is 2.49. The summed E-state index contributed by atoms with van der Waals surface area (Å²) in [6.07, 6.45) is 8.22. The second kappa shape index (κ2) is 5.69. The molecule has 1 aromatic heterocycles. The van der Waals surface area contributed by atoms with Gasteiger partial charge in [0.25, 0.3) is 0 Å². The largest absolute Gasteiger partial charge is 0.338 e. The van der Waals surface area contributed by atoms with Gasteiger partial charge in [0.15, 0.2) is 0 Å². The Kier molecular flexibility index (Phi) is 3.62. The predicted octanol–water partition coefficient (Wildman–Crippen LogP) is 3.06. The van der Waals surface area contributed by atoms with Gasteiger partial charge in [-0.15, -0.1) is 0 Å². The maximum Gasteiger partial charge on any atom is 0.233 e. The van der Waals surface area contributed by atoms with Gasteiger partial charge in [-0.05, 0) is 31.0 Å². The predicted molar refractivity (Wildman–Crippen MR) is 84.3 cm³/mol. The minimum atomic E-state index is -0.911. The van der Waals surface area contributed by atoms with E-state index < -0.39 is 17.0 Å². The number of carbonyl (C=O) groups is 1. The first-order valence-electron chi connectivity index (χ1n) is 8.32. The third kappa shape index (κ3) is 2.32. The van der Waals surface area contributed by atoms with Crippen molar-refractivity contribution in [2.75, 3.05) is 13.1 Å². The van der Waals surface area contributed by atoms with Crippen molar-refractivity contribution in [1.82, 2.24) is 14.5 Å². The molecule has 1 aromatic carbocycles. The third-order valence-corrected chi connectivity index (χ3v) is 5.41. The van der Waals surface area contributed by atoms with E-state index in [2.05, 4.69) is 4.98 Å². The Bertz CT molecular complexity index is 748. The van der Waals surface area contributed by atoms with Crippen LogP contribution in [0.5, 0.6) is 0 Å². The van der Waals surface area contributed by atoms with Gasteiger partial charge < -0.3 is 9.47 Å². The summed E-state index contributed by atoms with van der Waals surface area (Å²) in [4.78, 5) is 18.9. The summed E-state index contributed by atoms with van der Waals surface area (Å²) >= 11 is 0. The Morgan fingerprint density at radius 3 is 2.62 bits per heavy atom. The van der Waals surface area contributed by atoms with Gasteiger partial charge in [0.1, 0.15) is 11.6 Å². The van der Waals surface area contributed by atoms with Crippen molar-refractivity contribution in [2.24, 2.45) is 0 Å². The fourth-order valence-corrected chi connectivity index (χ4v) is 4.04. The van der Waals surface area contributed by atoms with Crippen molar-refractivity contribution >= 4 is 5.91 Å². The number of benzene rings is 1. The minimum Gasteiger partial charge on any atom is -0.338 e. The molecule has 1 amide bonds. The monoisotopic (exact) mass is 331 g/mol. The number of nitrogens with zero attached hydrogens (tertiary/aromatic N) is 3. The van der Waals surface area contributed by atoms with Crippen molar-refractivity contribution in [1.29, 1.82) is 0 Å². The molecule has 2 aliphatic rings. The standard InChI is InChI=1S/C18H19F2N3O/c19-13-3-4-16(20)15(9-13)18(5-1-2-6-18)17(24)23-10-14(11-23)22-8-7-21-12-22/h3-4,7-9,12,14H,1-2,5-6,10-11H2. The Labute approximate surface area is 139 Å². The van der Waals surface area contributed by atoms with E-state index in [1.807, 2.05) is 10.8 Å². The highest BCUT2D eigenvalue weighted by molar-refractivity contribution is 5.89. The number of imidazole rings is 1. The van der Waals surface area contributed by atoms with Crippen LogP contribution in [0.1, 0.15) is 37.3 Å². The number of likely N-dealkylation sites (tertiary alicyclic amines) is 1. The molecule has 1 saturated heterocycles. The molecule has 1 aliphatic carbocycles. The zero-order valence-corrected chi connectivity index (χ0v) is 13.3. The quantitative estimate of drug-likeness (QED) is 0.867. The number of hydrogen-bond donors (Lipinski definition) is 0. The topological polar surface area (TPSA) is 38.1 Å². The Balaban J connectivity index is 1.60. The molecule has 126 valence electrons. The van der Waals surface area contributed by atoms with Crippen LogP contribution in [0.4, 0.5) is 8.78 Å². The average molecular weight is 331 g/mol. The smallest absolute Gasteiger partial charge is 0.233 e. The molecule has 0 unspecified atom stereocenters. The lowest BCUT2D eigenvalue weighted by atomic mass is 9.76. The second-order valence-corrected chi connectivity index (χ2v) is 6.79. The summed E-state index contributed by atoms with van der Waals surface area (Å²) in [6, 6.07) is 3.64. The fraction of sp³-hybridized carbons (Fsp3) is 0.444. The van der Waals surface area contributed by atoms with Crippen LogP contribution in [0.2, 0.25) is 0 Å². The summed E-state index contributed by atoms with van der Waals surface area (Å²) in [5.74, 6) is -1.05. The molecule has 4 rings (SSSR count). The van der Waals surface area contributed by atoms with Crippen LogP contribution in [-0.4, -0.2) is 33.4 Å². The van der Waals surface area contributed by atoms with Crippen molar-refractivity contribution in [2.45, 2.75) is 37.1 Å². The highest BCUT2D eigenvalue weighted by atomic mass is 19.1. The molecule has 4 nitrogen and oxygen atoms in total. The van der Waals surface area contributed by atoms with Crippen LogP contribution in [0.3, 0.4) is 0 Å². The van der Waals surface area contributed by atoms with E-state index in [0.29, 0.717) is 25.9 Å². The van der Waals surface area contributed by atoms with Crippen molar-refractivity contribution in [3.8, 4) is 0 Å². The third-order valence-electron chi connectivity index (χ3n) is 5.41. The molecule has 0 bridgehead atoms. The molecular formula is C18H19F2N3O. The average Bonchev–Trinajstić information content (AvgIpc) is 3.20. The number of rotatable bonds is 3. The second-order valence-electron chi connectivity index (χ2n) is 6.79. The zero-order chi connectivity index (χ0) is 16.7. The summed E-state index contributed by atoms with van der Waals surface area (Å²) in [5, 5.41) is 0. The summed E-state index contributed by atoms with van der Waals surface area (Å²) in [7, 11) is 0. The highest BCUT2D eigenvalue weighted by Crippen LogP contribution is 2.45. The van der Waals surface area contributed by atoms with Gasteiger partial charge in [-0.1, -0.05) is 12.8 Å². The van der Waals surface area contributed by atoms with E-state index in [0.717, 1.165) is 25.0 Å². The number of amides is 1.